The normalized spacial score (nSPS) is 24.8. The maximum Gasteiger partial charge on any atom is 0.0699 e. The average molecular weight is 244 g/mol. The van der Waals surface area contributed by atoms with Crippen molar-refractivity contribution >= 4 is 8.07 Å². The molecule has 92 valence electrons. The molecule has 0 spiro atoms. The topological polar surface area (TPSA) is 0 Å². The molecule has 1 heteroatoms. The van der Waals surface area contributed by atoms with Crippen molar-refractivity contribution in [3.63, 3.8) is 0 Å². The molecule has 0 N–H and O–H groups in total. The van der Waals surface area contributed by atoms with Gasteiger partial charge in [0, 0.05) is 0 Å². The second kappa shape index (κ2) is 4.13. The van der Waals surface area contributed by atoms with Crippen molar-refractivity contribution in [1.82, 2.24) is 0 Å². The van der Waals surface area contributed by atoms with Gasteiger partial charge in [-0.3, -0.25) is 0 Å². The van der Waals surface area contributed by atoms with Gasteiger partial charge < -0.3 is 0 Å². The van der Waals surface area contributed by atoms with Gasteiger partial charge >= 0.3 is 0 Å². The molecule has 2 rings (SSSR count). The summed E-state index contributed by atoms with van der Waals surface area (Å²) in [5, 5.41) is 0. The van der Waals surface area contributed by atoms with Gasteiger partial charge in [0.05, 0.1) is 8.07 Å². The van der Waals surface area contributed by atoms with Crippen molar-refractivity contribution in [1.29, 1.82) is 0 Å². The SMILES string of the molecule is CC(C)(C)C1=CC([Si](C)(C)C2C=CC=C2)C=C1. The van der Waals surface area contributed by atoms with Crippen LogP contribution in [0.3, 0.4) is 0 Å². The van der Waals surface area contributed by atoms with E-state index >= 15 is 0 Å². The second-order valence-corrected chi connectivity index (χ2v) is 11.8. The first-order chi connectivity index (χ1) is 7.82. The molecular formula is C16H24Si. The summed E-state index contributed by atoms with van der Waals surface area (Å²) in [7, 11) is -1.29. The smallest absolute Gasteiger partial charge is 0.0699 e. The van der Waals surface area contributed by atoms with E-state index in [1.807, 2.05) is 0 Å². The lowest BCUT2D eigenvalue weighted by Gasteiger charge is -2.32. The molecule has 0 radical (unpaired) electrons. The first-order valence-electron chi connectivity index (χ1n) is 6.57. The zero-order chi connectivity index (χ0) is 12.7. The van der Waals surface area contributed by atoms with Crippen molar-refractivity contribution in [3.05, 3.63) is 48.1 Å². The molecule has 0 heterocycles. The van der Waals surface area contributed by atoms with Gasteiger partial charge in [0.1, 0.15) is 0 Å². The summed E-state index contributed by atoms with van der Waals surface area (Å²) < 4.78 is 0. The molecular weight excluding hydrogens is 220 g/mol. The van der Waals surface area contributed by atoms with Crippen LogP contribution in [0.4, 0.5) is 0 Å². The van der Waals surface area contributed by atoms with Gasteiger partial charge in [-0.15, -0.1) is 0 Å². The van der Waals surface area contributed by atoms with Crippen LogP contribution in [-0.4, -0.2) is 8.07 Å². The van der Waals surface area contributed by atoms with Gasteiger partial charge in [0.15, 0.2) is 0 Å². The number of hydrogen-bond acceptors (Lipinski definition) is 0. The standard InChI is InChI=1S/C16H24Si/c1-16(2,3)13-10-11-15(12-13)17(4,5)14-8-6-7-9-14/h6-12,14-15H,1-5H3. The molecule has 0 saturated heterocycles. The number of allylic oxidation sites excluding steroid dienone is 8. The molecule has 0 aromatic heterocycles. The quantitative estimate of drug-likeness (QED) is 0.593. The van der Waals surface area contributed by atoms with Crippen molar-refractivity contribution < 1.29 is 0 Å². The van der Waals surface area contributed by atoms with Crippen LogP contribution in [0.2, 0.25) is 24.2 Å². The Morgan fingerprint density at radius 2 is 1.53 bits per heavy atom. The zero-order valence-corrected chi connectivity index (χ0v) is 12.7. The largest absolute Gasteiger partial charge is 0.0803 e. The summed E-state index contributed by atoms with van der Waals surface area (Å²) in [5.41, 5.74) is 3.19. The van der Waals surface area contributed by atoms with Gasteiger partial charge in [-0.1, -0.05) is 76.4 Å². The highest BCUT2D eigenvalue weighted by Crippen LogP contribution is 2.44. The Hall–Kier alpha value is -0.823. The van der Waals surface area contributed by atoms with Crippen LogP contribution in [0.15, 0.2) is 48.1 Å². The Bertz CT molecular complexity index is 401. The highest BCUT2D eigenvalue weighted by atomic mass is 28.3. The monoisotopic (exact) mass is 244 g/mol. The maximum atomic E-state index is 2.52. The fraction of sp³-hybridized carbons (Fsp3) is 0.500. The Morgan fingerprint density at radius 1 is 0.941 bits per heavy atom. The van der Waals surface area contributed by atoms with Crippen LogP contribution in [-0.2, 0) is 0 Å². The minimum atomic E-state index is -1.29. The van der Waals surface area contributed by atoms with Crippen LogP contribution in [0.1, 0.15) is 20.8 Å². The van der Waals surface area contributed by atoms with Crippen molar-refractivity contribution in [3.8, 4) is 0 Å². The predicted molar refractivity (Wildman–Crippen MR) is 79.9 cm³/mol. The third-order valence-corrected chi connectivity index (χ3v) is 8.35. The summed E-state index contributed by atoms with van der Waals surface area (Å²) in [6.07, 6.45) is 16.5. The molecule has 0 amide bonds. The van der Waals surface area contributed by atoms with E-state index in [0.29, 0.717) is 11.1 Å². The molecule has 17 heavy (non-hydrogen) atoms. The lowest BCUT2D eigenvalue weighted by Crippen LogP contribution is -2.34. The molecule has 2 aliphatic carbocycles. The Kier molecular flexibility index (Phi) is 3.07. The zero-order valence-electron chi connectivity index (χ0n) is 11.7. The summed E-state index contributed by atoms with van der Waals surface area (Å²) in [6.45, 7) is 11.9. The van der Waals surface area contributed by atoms with E-state index in [4.69, 9.17) is 0 Å². The van der Waals surface area contributed by atoms with E-state index in [1.165, 1.54) is 5.57 Å². The van der Waals surface area contributed by atoms with E-state index < -0.39 is 8.07 Å². The third-order valence-electron chi connectivity index (χ3n) is 4.17. The predicted octanol–water partition coefficient (Wildman–Crippen LogP) is 5.10. The molecule has 0 saturated carbocycles. The lowest BCUT2D eigenvalue weighted by atomic mass is 9.87. The average Bonchev–Trinajstić information content (AvgIpc) is 2.89. The molecule has 0 fully saturated rings. The summed E-state index contributed by atoms with van der Waals surface area (Å²) in [5.74, 6) is 0. The van der Waals surface area contributed by atoms with Gasteiger partial charge in [-0.25, -0.2) is 0 Å². The fourth-order valence-corrected chi connectivity index (χ4v) is 5.48. The maximum absolute atomic E-state index is 2.52. The first kappa shape index (κ1) is 12.6. The third kappa shape index (κ3) is 2.39. The lowest BCUT2D eigenvalue weighted by molar-refractivity contribution is 0.517. The van der Waals surface area contributed by atoms with E-state index in [0.717, 1.165) is 0 Å². The molecule has 0 bridgehead atoms. The summed E-state index contributed by atoms with van der Waals surface area (Å²) in [4.78, 5) is 0. The van der Waals surface area contributed by atoms with Crippen LogP contribution < -0.4 is 0 Å². The Morgan fingerprint density at radius 3 is 2.00 bits per heavy atom. The van der Waals surface area contributed by atoms with Gasteiger partial charge in [0.25, 0.3) is 0 Å². The van der Waals surface area contributed by atoms with E-state index in [1.54, 1.807) is 0 Å². The number of rotatable bonds is 2. The summed E-state index contributed by atoms with van der Waals surface area (Å²) in [6, 6.07) is 0. The van der Waals surface area contributed by atoms with Gasteiger partial charge in [0.2, 0.25) is 0 Å². The Labute approximate surface area is 107 Å². The van der Waals surface area contributed by atoms with Crippen LogP contribution in [0.5, 0.6) is 0 Å². The van der Waals surface area contributed by atoms with Crippen LogP contribution in [0, 0.1) is 5.41 Å². The molecule has 0 nitrogen and oxygen atoms in total. The minimum Gasteiger partial charge on any atom is -0.0803 e. The highest BCUT2D eigenvalue weighted by Gasteiger charge is 2.37. The van der Waals surface area contributed by atoms with E-state index in [-0.39, 0.29) is 5.41 Å². The van der Waals surface area contributed by atoms with Crippen molar-refractivity contribution in [2.75, 3.05) is 0 Å². The van der Waals surface area contributed by atoms with Crippen LogP contribution >= 0.6 is 0 Å². The molecule has 0 aromatic rings. The highest BCUT2D eigenvalue weighted by molar-refractivity contribution is 6.82. The van der Waals surface area contributed by atoms with Crippen molar-refractivity contribution in [2.45, 2.75) is 44.9 Å². The fourth-order valence-electron chi connectivity index (χ4n) is 2.62. The Balaban J connectivity index is 2.21. The second-order valence-electron chi connectivity index (χ2n) is 6.87. The van der Waals surface area contributed by atoms with Gasteiger partial charge in [-0.2, -0.15) is 0 Å². The molecule has 1 atom stereocenters. The first-order valence-corrected chi connectivity index (χ1v) is 9.73. The van der Waals surface area contributed by atoms with Gasteiger partial charge in [-0.05, 0) is 22.1 Å². The number of hydrogen-bond donors (Lipinski definition) is 0. The van der Waals surface area contributed by atoms with Crippen molar-refractivity contribution in [2.24, 2.45) is 5.41 Å². The molecule has 0 aliphatic heterocycles. The van der Waals surface area contributed by atoms with E-state index in [9.17, 15) is 0 Å². The molecule has 2 aliphatic rings. The molecule has 0 aromatic carbocycles. The van der Waals surface area contributed by atoms with Crippen LogP contribution in [0.25, 0.3) is 0 Å². The minimum absolute atomic E-state index is 0.289. The van der Waals surface area contributed by atoms with E-state index in [2.05, 4.69) is 76.4 Å². The molecule has 1 unspecified atom stereocenters. The summed E-state index contributed by atoms with van der Waals surface area (Å²) >= 11 is 0.